The van der Waals surface area contributed by atoms with E-state index in [9.17, 15) is 4.79 Å². The van der Waals surface area contributed by atoms with Crippen molar-refractivity contribution in [3.8, 4) is 0 Å². The summed E-state index contributed by atoms with van der Waals surface area (Å²) in [4.78, 5) is 11.9. The molecule has 0 atom stereocenters. The van der Waals surface area contributed by atoms with Crippen LogP contribution in [-0.4, -0.2) is 29.4 Å². The molecule has 1 heterocycles. The topological polar surface area (TPSA) is 56.1 Å². The average molecular weight is 301 g/mol. The number of nitrogens with zero attached hydrogens (tertiary/aromatic N) is 2. The zero-order valence-electron chi connectivity index (χ0n) is 13.0. The number of anilines is 1. The maximum atomic E-state index is 11.9. The SMILES string of the molecule is COCCCCC(=O)Nc1ccnn1CCc1ccccc1. The molecular formula is C17H23N3O2. The number of aromatic nitrogens is 2. The molecule has 2 aromatic rings. The maximum Gasteiger partial charge on any atom is 0.225 e. The Labute approximate surface area is 131 Å². The van der Waals surface area contributed by atoms with Crippen LogP contribution in [0.1, 0.15) is 24.8 Å². The van der Waals surface area contributed by atoms with Crippen molar-refractivity contribution >= 4 is 11.7 Å². The summed E-state index contributed by atoms with van der Waals surface area (Å²) in [5, 5.41) is 7.20. The maximum absolute atomic E-state index is 11.9. The third-order valence-corrected chi connectivity index (χ3v) is 3.44. The zero-order chi connectivity index (χ0) is 15.6. The lowest BCUT2D eigenvalue weighted by atomic mass is 10.1. The smallest absolute Gasteiger partial charge is 0.225 e. The summed E-state index contributed by atoms with van der Waals surface area (Å²) >= 11 is 0. The summed E-state index contributed by atoms with van der Waals surface area (Å²) in [6.07, 6.45) is 4.84. The third kappa shape index (κ3) is 5.33. The predicted octanol–water partition coefficient (Wildman–Crippen LogP) is 2.88. The van der Waals surface area contributed by atoms with E-state index < -0.39 is 0 Å². The number of hydrogen-bond acceptors (Lipinski definition) is 3. The Balaban J connectivity index is 1.80. The predicted molar refractivity (Wildman–Crippen MR) is 86.7 cm³/mol. The summed E-state index contributed by atoms with van der Waals surface area (Å²) in [5.74, 6) is 0.783. The van der Waals surface area contributed by atoms with E-state index in [1.165, 1.54) is 5.56 Å². The highest BCUT2D eigenvalue weighted by Crippen LogP contribution is 2.10. The monoisotopic (exact) mass is 301 g/mol. The number of unbranched alkanes of at least 4 members (excludes halogenated alkanes) is 1. The first-order valence-corrected chi connectivity index (χ1v) is 7.64. The second kappa shape index (κ2) is 9.00. The lowest BCUT2D eigenvalue weighted by molar-refractivity contribution is -0.116. The summed E-state index contributed by atoms with van der Waals surface area (Å²) in [6.45, 7) is 1.44. The Hall–Kier alpha value is -2.14. The van der Waals surface area contributed by atoms with Crippen LogP contribution in [0.3, 0.4) is 0 Å². The number of aryl methyl sites for hydroxylation is 2. The fourth-order valence-electron chi connectivity index (χ4n) is 2.23. The lowest BCUT2D eigenvalue weighted by Gasteiger charge is -2.09. The Morgan fingerprint density at radius 1 is 1.23 bits per heavy atom. The molecule has 0 saturated carbocycles. The van der Waals surface area contributed by atoms with Gasteiger partial charge in [-0.05, 0) is 24.8 Å². The van der Waals surface area contributed by atoms with Gasteiger partial charge in [0.05, 0.1) is 6.20 Å². The molecule has 0 radical (unpaired) electrons. The van der Waals surface area contributed by atoms with Gasteiger partial charge in [0.2, 0.25) is 5.91 Å². The van der Waals surface area contributed by atoms with Crippen LogP contribution >= 0.6 is 0 Å². The van der Waals surface area contributed by atoms with Gasteiger partial charge >= 0.3 is 0 Å². The largest absolute Gasteiger partial charge is 0.385 e. The number of nitrogens with one attached hydrogen (secondary N) is 1. The number of benzene rings is 1. The molecule has 0 aliphatic heterocycles. The molecule has 5 heteroatoms. The molecule has 5 nitrogen and oxygen atoms in total. The molecular weight excluding hydrogens is 278 g/mol. The number of rotatable bonds is 9. The minimum Gasteiger partial charge on any atom is -0.385 e. The van der Waals surface area contributed by atoms with Crippen LogP contribution in [0.4, 0.5) is 5.82 Å². The van der Waals surface area contributed by atoms with Gasteiger partial charge in [0.1, 0.15) is 5.82 Å². The van der Waals surface area contributed by atoms with E-state index >= 15 is 0 Å². The van der Waals surface area contributed by atoms with E-state index in [0.717, 1.165) is 31.6 Å². The summed E-state index contributed by atoms with van der Waals surface area (Å²) in [6, 6.07) is 12.1. The van der Waals surface area contributed by atoms with Crippen LogP contribution in [-0.2, 0) is 22.5 Å². The summed E-state index contributed by atoms with van der Waals surface area (Å²) in [7, 11) is 1.67. The Kier molecular flexibility index (Phi) is 6.64. The Bertz CT molecular complexity index is 566. The molecule has 0 bridgehead atoms. The van der Waals surface area contributed by atoms with Gasteiger partial charge in [0.15, 0.2) is 0 Å². The first kappa shape index (κ1) is 16.2. The highest BCUT2D eigenvalue weighted by atomic mass is 16.5. The lowest BCUT2D eigenvalue weighted by Crippen LogP contribution is -2.16. The third-order valence-electron chi connectivity index (χ3n) is 3.44. The molecule has 0 spiro atoms. The van der Waals surface area contributed by atoms with Crippen molar-refractivity contribution in [1.29, 1.82) is 0 Å². The molecule has 0 aliphatic carbocycles. The van der Waals surface area contributed by atoms with Crippen molar-refractivity contribution in [3.05, 3.63) is 48.2 Å². The highest BCUT2D eigenvalue weighted by Gasteiger charge is 2.07. The zero-order valence-corrected chi connectivity index (χ0v) is 13.0. The molecule has 118 valence electrons. The fraction of sp³-hybridized carbons (Fsp3) is 0.412. The first-order valence-electron chi connectivity index (χ1n) is 7.64. The van der Waals surface area contributed by atoms with Crippen molar-refractivity contribution in [3.63, 3.8) is 0 Å². The molecule has 0 fully saturated rings. The number of carbonyl (C=O) groups excluding carboxylic acids is 1. The van der Waals surface area contributed by atoms with E-state index in [1.807, 2.05) is 28.9 Å². The van der Waals surface area contributed by atoms with Crippen LogP contribution in [0.2, 0.25) is 0 Å². The van der Waals surface area contributed by atoms with Crippen molar-refractivity contribution in [1.82, 2.24) is 9.78 Å². The van der Waals surface area contributed by atoms with Crippen LogP contribution in [0.15, 0.2) is 42.6 Å². The summed E-state index contributed by atoms with van der Waals surface area (Å²) < 4.78 is 6.81. The van der Waals surface area contributed by atoms with E-state index in [4.69, 9.17) is 4.74 Å². The van der Waals surface area contributed by atoms with Gasteiger partial charge in [0, 0.05) is 32.7 Å². The van der Waals surface area contributed by atoms with Gasteiger partial charge in [-0.2, -0.15) is 5.10 Å². The van der Waals surface area contributed by atoms with Gasteiger partial charge in [0.25, 0.3) is 0 Å². The normalized spacial score (nSPS) is 10.6. The van der Waals surface area contributed by atoms with Crippen LogP contribution < -0.4 is 5.32 Å². The van der Waals surface area contributed by atoms with Crippen molar-refractivity contribution < 1.29 is 9.53 Å². The van der Waals surface area contributed by atoms with Crippen molar-refractivity contribution in [2.45, 2.75) is 32.2 Å². The Morgan fingerprint density at radius 3 is 2.82 bits per heavy atom. The molecule has 1 amide bonds. The standard InChI is InChI=1S/C17H23N3O2/c1-22-14-6-5-9-17(21)19-16-10-12-18-20(16)13-11-15-7-3-2-4-8-15/h2-4,7-8,10,12H,5-6,9,11,13-14H2,1H3,(H,19,21). The van der Waals surface area contributed by atoms with Crippen molar-refractivity contribution in [2.75, 3.05) is 19.0 Å². The molecule has 0 unspecified atom stereocenters. The van der Waals surface area contributed by atoms with Crippen LogP contribution in [0, 0.1) is 0 Å². The minimum atomic E-state index is 0.0255. The molecule has 1 aromatic carbocycles. The first-order chi connectivity index (χ1) is 10.8. The highest BCUT2D eigenvalue weighted by molar-refractivity contribution is 5.89. The van der Waals surface area contributed by atoms with Gasteiger partial charge in [-0.1, -0.05) is 30.3 Å². The molecule has 1 N–H and O–H groups in total. The number of hydrogen-bond donors (Lipinski definition) is 1. The Morgan fingerprint density at radius 2 is 2.05 bits per heavy atom. The van der Waals surface area contributed by atoms with Crippen molar-refractivity contribution in [2.24, 2.45) is 0 Å². The number of ether oxygens (including phenoxy) is 1. The quantitative estimate of drug-likeness (QED) is 0.725. The van der Waals surface area contributed by atoms with Gasteiger partial charge in [-0.3, -0.25) is 4.79 Å². The van der Waals surface area contributed by atoms with Crippen LogP contribution in [0.5, 0.6) is 0 Å². The number of carbonyl (C=O) groups is 1. The number of methoxy groups -OCH3 is 1. The molecule has 22 heavy (non-hydrogen) atoms. The van der Waals surface area contributed by atoms with Gasteiger partial charge in [-0.15, -0.1) is 0 Å². The van der Waals surface area contributed by atoms with Crippen LogP contribution in [0.25, 0.3) is 0 Å². The van der Waals surface area contributed by atoms with E-state index in [1.54, 1.807) is 13.3 Å². The van der Waals surface area contributed by atoms with Gasteiger partial charge in [-0.25, -0.2) is 4.68 Å². The second-order valence-corrected chi connectivity index (χ2v) is 5.17. The van der Waals surface area contributed by atoms with E-state index in [0.29, 0.717) is 13.0 Å². The molecule has 0 saturated heterocycles. The van der Waals surface area contributed by atoms with E-state index in [-0.39, 0.29) is 5.91 Å². The number of amides is 1. The van der Waals surface area contributed by atoms with Gasteiger partial charge < -0.3 is 10.1 Å². The summed E-state index contributed by atoms with van der Waals surface area (Å²) in [5.41, 5.74) is 1.26. The van der Waals surface area contributed by atoms with E-state index in [2.05, 4.69) is 22.5 Å². The average Bonchev–Trinajstić information content (AvgIpc) is 2.98. The molecule has 1 aromatic heterocycles. The second-order valence-electron chi connectivity index (χ2n) is 5.17. The fourth-order valence-corrected chi connectivity index (χ4v) is 2.23. The minimum absolute atomic E-state index is 0.0255. The molecule has 2 rings (SSSR count). The molecule has 0 aliphatic rings.